The Morgan fingerprint density at radius 1 is 1.05 bits per heavy atom. The maximum absolute atomic E-state index is 11.9. The number of benzene rings is 2. The lowest BCUT2D eigenvalue weighted by Gasteiger charge is -2.00. The third-order valence-electron chi connectivity index (χ3n) is 3.20. The van der Waals surface area contributed by atoms with Crippen molar-refractivity contribution in [2.45, 2.75) is 18.4 Å². The summed E-state index contributed by atoms with van der Waals surface area (Å²) in [6.45, 7) is 2.48. The van der Waals surface area contributed by atoms with Crippen molar-refractivity contribution in [2.24, 2.45) is 4.99 Å². The predicted octanol–water partition coefficient (Wildman–Crippen LogP) is 2.23. The fourth-order valence-corrected chi connectivity index (χ4v) is 3.37. The number of sulfonamides is 1. The van der Waals surface area contributed by atoms with Crippen LogP contribution >= 0.6 is 0 Å². The molecule has 1 aliphatic heterocycles. The van der Waals surface area contributed by atoms with E-state index in [9.17, 15) is 8.42 Å². The summed E-state index contributed by atoms with van der Waals surface area (Å²) in [6.07, 6.45) is 0. The summed E-state index contributed by atoms with van der Waals surface area (Å²) >= 11 is 0. The highest BCUT2D eigenvalue weighted by molar-refractivity contribution is 7.90. The molecular formula is C15H14N2O2S. The Kier molecular flexibility index (Phi) is 3.06. The van der Waals surface area contributed by atoms with Gasteiger partial charge in [-0.3, -0.25) is 9.71 Å². The molecule has 1 aliphatic rings. The van der Waals surface area contributed by atoms with Crippen LogP contribution in [0.25, 0.3) is 0 Å². The maximum Gasteiger partial charge on any atom is 0.263 e. The van der Waals surface area contributed by atoms with Gasteiger partial charge in [0.1, 0.15) is 5.84 Å². The molecule has 1 heterocycles. The largest absolute Gasteiger partial charge is 0.263 e. The van der Waals surface area contributed by atoms with Crippen LogP contribution in [0.2, 0.25) is 0 Å². The van der Waals surface area contributed by atoms with Crippen LogP contribution in [0.3, 0.4) is 0 Å². The topological polar surface area (TPSA) is 58.5 Å². The second-order valence-electron chi connectivity index (χ2n) is 4.75. The van der Waals surface area contributed by atoms with Crippen LogP contribution in [0.4, 0.5) is 0 Å². The Labute approximate surface area is 118 Å². The first-order valence-electron chi connectivity index (χ1n) is 6.28. The van der Waals surface area contributed by atoms with Gasteiger partial charge in [0, 0.05) is 5.56 Å². The first-order chi connectivity index (χ1) is 9.56. The van der Waals surface area contributed by atoms with Gasteiger partial charge in [-0.2, -0.15) is 0 Å². The number of aryl methyl sites for hydroxylation is 1. The molecule has 0 fully saturated rings. The predicted molar refractivity (Wildman–Crippen MR) is 78.2 cm³/mol. The molecule has 0 amide bonds. The highest BCUT2D eigenvalue weighted by Gasteiger charge is 2.29. The van der Waals surface area contributed by atoms with Gasteiger partial charge in [-0.25, -0.2) is 8.42 Å². The van der Waals surface area contributed by atoms with E-state index in [1.54, 1.807) is 18.2 Å². The van der Waals surface area contributed by atoms with Gasteiger partial charge in [-0.1, -0.05) is 42.0 Å². The van der Waals surface area contributed by atoms with E-state index >= 15 is 0 Å². The summed E-state index contributed by atoms with van der Waals surface area (Å²) in [5.74, 6) is 0.418. The molecule has 20 heavy (non-hydrogen) atoms. The average molecular weight is 286 g/mol. The third-order valence-corrected chi connectivity index (χ3v) is 4.60. The van der Waals surface area contributed by atoms with Crippen molar-refractivity contribution in [2.75, 3.05) is 0 Å². The number of fused-ring (bicyclic) bond motifs is 1. The number of amidine groups is 1. The molecule has 0 bridgehead atoms. The minimum atomic E-state index is -3.45. The van der Waals surface area contributed by atoms with Crippen LogP contribution in [0.15, 0.2) is 58.4 Å². The van der Waals surface area contributed by atoms with Crippen molar-refractivity contribution in [3.05, 3.63) is 65.2 Å². The van der Waals surface area contributed by atoms with Crippen molar-refractivity contribution >= 4 is 15.9 Å². The van der Waals surface area contributed by atoms with Gasteiger partial charge in [0.05, 0.1) is 11.4 Å². The lowest BCUT2D eigenvalue weighted by molar-refractivity contribution is 0.595. The van der Waals surface area contributed by atoms with E-state index in [1.165, 1.54) is 5.56 Å². The van der Waals surface area contributed by atoms with Gasteiger partial charge < -0.3 is 0 Å². The molecule has 0 aliphatic carbocycles. The van der Waals surface area contributed by atoms with Crippen molar-refractivity contribution in [1.29, 1.82) is 0 Å². The fraction of sp³-hybridized carbons (Fsp3) is 0.133. The Morgan fingerprint density at radius 3 is 2.50 bits per heavy atom. The Bertz CT molecular complexity index is 778. The van der Waals surface area contributed by atoms with Crippen molar-refractivity contribution in [3.8, 4) is 0 Å². The molecule has 0 saturated heterocycles. The molecule has 0 aromatic heterocycles. The first kappa shape index (κ1) is 12.9. The summed E-state index contributed by atoms with van der Waals surface area (Å²) in [5, 5.41) is 0. The zero-order valence-corrected chi connectivity index (χ0v) is 11.8. The summed E-state index contributed by atoms with van der Waals surface area (Å²) in [4.78, 5) is 4.68. The lowest BCUT2D eigenvalue weighted by Crippen LogP contribution is -2.22. The molecule has 102 valence electrons. The summed E-state index contributed by atoms with van der Waals surface area (Å²) < 4.78 is 26.4. The van der Waals surface area contributed by atoms with Crippen molar-refractivity contribution < 1.29 is 8.42 Å². The van der Waals surface area contributed by atoms with E-state index in [4.69, 9.17) is 0 Å². The van der Waals surface area contributed by atoms with Gasteiger partial charge in [0.2, 0.25) is 0 Å². The summed E-state index contributed by atoms with van der Waals surface area (Å²) in [6, 6.07) is 14.9. The van der Waals surface area contributed by atoms with Gasteiger partial charge in [0.15, 0.2) is 0 Å². The van der Waals surface area contributed by atoms with E-state index in [1.807, 2.05) is 37.3 Å². The summed E-state index contributed by atoms with van der Waals surface area (Å²) in [5.41, 5.74) is 2.87. The van der Waals surface area contributed by atoms with Crippen LogP contribution in [-0.2, 0) is 16.6 Å². The maximum atomic E-state index is 11.9. The van der Waals surface area contributed by atoms with Crippen LogP contribution in [0.5, 0.6) is 0 Å². The molecule has 2 aromatic carbocycles. The van der Waals surface area contributed by atoms with E-state index in [-0.39, 0.29) is 0 Å². The van der Waals surface area contributed by atoms with Crippen molar-refractivity contribution in [1.82, 2.24) is 4.72 Å². The Hall–Kier alpha value is -2.14. The molecule has 0 atom stereocenters. The van der Waals surface area contributed by atoms with E-state index in [0.29, 0.717) is 22.8 Å². The number of hydrogen-bond acceptors (Lipinski definition) is 3. The Balaban J connectivity index is 1.92. The monoisotopic (exact) mass is 286 g/mol. The molecule has 4 nitrogen and oxygen atoms in total. The number of nitrogens with one attached hydrogen (secondary N) is 1. The van der Waals surface area contributed by atoms with Gasteiger partial charge in [-0.05, 0) is 24.6 Å². The van der Waals surface area contributed by atoms with Crippen LogP contribution in [0.1, 0.15) is 16.7 Å². The second-order valence-corrected chi connectivity index (χ2v) is 6.40. The molecule has 5 heteroatoms. The van der Waals surface area contributed by atoms with Gasteiger partial charge >= 0.3 is 0 Å². The third kappa shape index (κ3) is 2.32. The molecular weight excluding hydrogens is 272 g/mol. The number of rotatable bonds is 2. The highest BCUT2D eigenvalue weighted by Crippen LogP contribution is 2.22. The van der Waals surface area contributed by atoms with E-state index < -0.39 is 10.0 Å². The molecule has 0 radical (unpaired) electrons. The van der Waals surface area contributed by atoms with Crippen LogP contribution in [0, 0.1) is 6.92 Å². The van der Waals surface area contributed by atoms with Gasteiger partial charge in [0.25, 0.3) is 10.0 Å². The number of nitrogens with zero attached hydrogens (tertiary/aromatic N) is 1. The smallest absolute Gasteiger partial charge is 0.263 e. The zero-order valence-electron chi connectivity index (χ0n) is 11.0. The SMILES string of the molecule is Cc1ccc(CN=C2NS(=O)(=O)c3ccccc32)cc1. The molecule has 2 aromatic rings. The molecule has 0 spiro atoms. The quantitative estimate of drug-likeness (QED) is 0.920. The second kappa shape index (κ2) is 4.76. The number of hydrogen-bond donors (Lipinski definition) is 1. The number of aliphatic imine (C=N–C) groups is 1. The molecule has 0 unspecified atom stereocenters. The minimum absolute atomic E-state index is 0.294. The molecule has 1 N–H and O–H groups in total. The minimum Gasteiger partial charge on any atom is -0.263 e. The summed E-state index contributed by atoms with van der Waals surface area (Å²) in [7, 11) is -3.45. The van der Waals surface area contributed by atoms with Crippen LogP contribution < -0.4 is 4.72 Å². The van der Waals surface area contributed by atoms with E-state index in [2.05, 4.69) is 9.71 Å². The lowest BCUT2D eigenvalue weighted by atomic mass is 10.1. The first-order valence-corrected chi connectivity index (χ1v) is 7.77. The van der Waals surface area contributed by atoms with E-state index in [0.717, 1.165) is 5.56 Å². The van der Waals surface area contributed by atoms with Crippen LogP contribution in [-0.4, -0.2) is 14.3 Å². The fourth-order valence-electron chi connectivity index (χ4n) is 2.12. The standard InChI is InChI=1S/C15H14N2O2S/c1-11-6-8-12(9-7-11)10-16-15-13-4-2-3-5-14(13)20(18,19)17-15/h2-9H,10H2,1H3,(H,16,17). The Morgan fingerprint density at radius 2 is 1.75 bits per heavy atom. The normalized spacial score (nSPS) is 17.8. The zero-order chi connectivity index (χ0) is 14.2. The molecule has 3 rings (SSSR count). The average Bonchev–Trinajstić information content (AvgIpc) is 2.70. The highest BCUT2D eigenvalue weighted by atomic mass is 32.2. The van der Waals surface area contributed by atoms with Gasteiger partial charge in [-0.15, -0.1) is 0 Å². The van der Waals surface area contributed by atoms with Crippen molar-refractivity contribution in [3.63, 3.8) is 0 Å². The molecule has 0 saturated carbocycles.